The van der Waals surface area contributed by atoms with Crippen molar-refractivity contribution in [2.45, 2.75) is 26.2 Å². The molecule has 9 nitrogen and oxygen atoms in total. The number of anilines is 3. The molecule has 2 aromatic heterocycles. The van der Waals surface area contributed by atoms with Gasteiger partial charge in [-0.1, -0.05) is 18.5 Å². The zero-order valence-corrected chi connectivity index (χ0v) is 21.6. The second-order valence-electron chi connectivity index (χ2n) is 9.98. The molecule has 36 heavy (non-hydrogen) atoms. The van der Waals surface area contributed by atoms with Crippen LogP contribution in [0.5, 0.6) is 5.75 Å². The number of Topliss-reactive ketones (excluding diaryl/α,β-unsaturated/α-hetero) is 1. The average Bonchev–Trinajstić information content (AvgIpc) is 2.86. The van der Waals surface area contributed by atoms with Gasteiger partial charge in [-0.25, -0.2) is 4.98 Å². The summed E-state index contributed by atoms with van der Waals surface area (Å²) in [6.45, 7) is 5.85. The molecule has 0 aliphatic carbocycles. The van der Waals surface area contributed by atoms with Gasteiger partial charge in [0.05, 0.1) is 11.7 Å². The second-order valence-corrected chi connectivity index (χ2v) is 10.4. The molecule has 0 bridgehead atoms. The maximum atomic E-state index is 12.6. The molecule has 0 saturated carbocycles. The molecule has 5 rings (SSSR count). The summed E-state index contributed by atoms with van der Waals surface area (Å²) >= 11 is 6.44. The molecule has 0 amide bonds. The van der Waals surface area contributed by atoms with Crippen molar-refractivity contribution in [3.8, 4) is 5.75 Å². The number of benzene rings is 1. The zero-order chi connectivity index (χ0) is 25.4. The van der Waals surface area contributed by atoms with Crippen molar-refractivity contribution in [2.24, 2.45) is 12.5 Å². The van der Waals surface area contributed by atoms with Crippen LogP contribution in [0.2, 0.25) is 5.02 Å². The number of nitrogens with one attached hydrogen (secondary N) is 1. The number of fused-ring (bicyclic) bond motifs is 1. The number of hydrogen-bond acceptors (Lipinski definition) is 8. The summed E-state index contributed by atoms with van der Waals surface area (Å²) < 4.78 is 7.04. The first-order valence-corrected chi connectivity index (χ1v) is 12.7. The lowest BCUT2D eigenvalue weighted by Crippen LogP contribution is -2.58. The SMILES string of the molecule is CCC(=O)COc1cc2cc(Nc3nc(N4CCC5(CC4)CN(C)C5)ncc3Cl)ccc2n(C)c1=O. The van der Waals surface area contributed by atoms with Crippen LogP contribution < -0.4 is 20.5 Å². The standard InChI is InChI=1S/C26H31ClN6O3/c1-4-19(34)14-36-22-12-17-11-18(5-6-21(17)32(3)24(22)35)29-23-20(27)13-28-25(30-23)33-9-7-26(8-10-33)15-31(2)16-26/h5-6,11-13H,4,7-10,14-16H2,1-3H3,(H,28,29,30). The molecule has 0 radical (unpaired) electrons. The Morgan fingerprint density at radius 3 is 2.64 bits per heavy atom. The van der Waals surface area contributed by atoms with Crippen LogP contribution in [0.25, 0.3) is 10.9 Å². The van der Waals surface area contributed by atoms with Crippen molar-refractivity contribution in [1.82, 2.24) is 19.4 Å². The van der Waals surface area contributed by atoms with E-state index < -0.39 is 0 Å². The van der Waals surface area contributed by atoms with E-state index in [2.05, 4.69) is 27.1 Å². The minimum absolute atomic E-state index is 0.0642. The van der Waals surface area contributed by atoms with E-state index in [0.29, 0.717) is 28.6 Å². The number of carbonyl (C=O) groups excluding carboxylic acids is 1. The molecular formula is C26H31ClN6O3. The molecule has 1 N–H and O–H groups in total. The number of carbonyl (C=O) groups is 1. The van der Waals surface area contributed by atoms with Crippen molar-refractivity contribution in [3.05, 3.63) is 45.8 Å². The molecule has 2 aliphatic heterocycles. The van der Waals surface area contributed by atoms with Crippen LogP contribution in [-0.4, -0.2) is 65.1 Å². The lowest BCUT2D eigenvalue weighted by Gasteiger charge is -2.52. The van der Waals surface area contributed by atoms with Crippen LogP contribution in [0.15, 0.2) is 35.3 Å². The lowest BCUT2D eigenvalue weighted by molar-refractivity contribution is -0.120. The van der Waals surface area contributed by atoms with Gasteiger partial charge in [0.1, 0.15) is 11.6 Å². The summed E-state index contributed by atoms with van der Waals surface area (Å²) in [5, 5.41) is 4.52. The van der Waals surface area contributed by atoms with Crippen molar-refractivity contribution in [3.63, 3.8) is 0 Å². The van der Waals surface area contributed by atoms with Gasteiger partial charge in [0, 0.05) is 50.7 Å². The maximum absolute atomic E-state index is 12.6. The van der Waals surface area contributed by atoms with Gasteiger partial charge in [0.15, 0.2) is 17.4 Å². The van der Waals surface area contributed by atoms with E-state index in [1.807, 2.05) is 18.2 Å². The molecule has 2 saturated heterocycles. The molecular weight excluding hydrogens is 480 g/mol. The predicted molar refractivity (Wildman–Crippen MR) is 142 cm³/mol. The second kappa shape index (κ2) is 9.71. The number of likely N-dealkylation sites (tertiary alicyclic amines) is 1. The number of aryl methyl sites for hydroxylation is 1. The number of rotatable bonds is 7. The number of halogens is 1. The zero-order valence-electron chi connectivity index (χ0n) is 20.9. The summed E-state index contributed by atoms with van der Waals surface area (Å²) in [5.74, 6) is 1.28. The van der Waals surface area contributed by atoms with E-state index in [9.17, 15) is 9.59 Å². The van der Waals surface area contributed by atoms with Crippen LogP contribution in [0, 0.1) is 5.41 Å². The van der Waals surface area contributed by atoms with Crippen LogP contribution in [0.4, 0.5) is 17.5 Å². The van der Waals surface area contributed by atoms with E-state index in [4.69, 9.17) is 21.3 Å². The van der Waals surface area contributed by atoms with Crippen molar-refractivity contribution in [2.75, 3.05) is 50.1 Å². The molecule has 0 atom stereocenters. The number of hydrogen-bond donors (Lipinski definition) is 1. The molecule has 4 heterocycles. The fraction of sp³-hybridized carbons (Fsp3) is 0.462. The molecule has 1 aromatic carbocycles. The van der Waals surface area contributed by atoms with Gasteiger partial charge in [-0.15, -0.1) is 0 Å². The normalized spacial score (nSPS) is 17.3. The fourth-order valence-electron chi connectivity index (χ4n) is 5.23. The van der Waals surface area contributed by atoms with Crippen molar-refractivity contribution in [1.29, 1.82) is 0 Å². The van der Waals surface area contributed by atoms with Gasteiger partial charge < -0.3 is 24.4 Å². The summed E-state index contributed by atoms with van der Waals surface area (Å²) in [5.41, 5.74) is 1.68. The van der Waals surface area contributed by atoms with Gasteiger partial charge in [-0.05, 0) is 49.6 Å². The van der Waals surface area contributed by atoms with Crippen LogP contribution in [0.3, 0.4) is 0 Å². The first-order valence-electron chi connectivity index (χ1n) is 12.3. The van der Waals surface area contributed by atoms with Crippen LogP contribution in [-0.2, 0) is 11.8 Å². The quantitative estimate of drug-likeness (QED) is 0.515. The Labute approximate surface area is 215 Å². The highest BCUT2D eigenvalue weighted by atomic mass is 35.5. The predicted octanol–water partition coefficient (Wildman–Crippen LogP) is 3.62. The van der Waals surface area contributed by atoms with Gasteiger partial charge >= 0.3 is 0 Å². The minimum Gasteiger partial charge on any atom is -0.480 e. The fourth-order valence-corrected chi connectivity index (χ4v) is 5.36. The maximum Gasteiger partial charge on any atom is 0.293 e. The smallest absolute Gasteiger partial charge is 0.293 e. The summed E-state index contributed by atoms with van der Waals surface area (Å²) in [6, 6.07) is 7.30. The highest BCUT2D eigenvalue weighted by molar-refractivity contribution is 6.32. The Balaban J connectivity index is 1.36. The van der Waals surface area contributed by atoms with E-state index >= 15 is 0 Å². The van der Waals surface area contributed by atoms with Gasteiger partial charge in [0.2, 0.25) is 5.95 Å². The van der Waals surface area contributed by atoms with Crippen LogP contribution in [0.1, 0.15) is 26.2 Å². The first kappa shape index (κ1) is 24.5. The topological polar surface area (TPSA) is 92.6 Å². The number of ether oxygens (including phenoxy) is 1. The highest BCUT2D eigenvalue weighted by Gasteiger charge is 2.43. The van der Waals surface area contributed by atoms with Crippen molar-refractivity contribution < 1.29 is 9.53 Å². The summed E-state index contributed by atoms with van der Waals surface area (Å²) in [4.78, 5) is 38.1. The Morgan fingerprint density at radius 2 is 1.94 bits per heavy atom. The molecule has 1 spiro atoms. The largest absolute Gasteiger partial charge is 0.480 e. The molecule has 0 unspecified atom stereocenters. The van der Waals surface area contributed by atoms with Gasteiger partial charge in [-0.3, -0.25) is 9.59 Å². The molecule has 2 aliphatic rings. The van der Waals surface area contributed by atoms with E-state index in [-0.39, 0.29) is 23.7 Å². The Morgan fingerprint density at radius 1 is 1.19 bits per heavy atom. The van der Waals surface area contributed by atoms with E-state index in [1.165, 1.54) is 17.7 Å². The van der Waals surface area contributed by atoms with Crippen molar-refractivity contribution >= 4 is 45.7 Å². The summed E-state index contributed by atoms with van der Waals surface area (Å²) in [7, 11) is 3.86. The van der Waals surface area contributed by atoms with Crippen LogP contribution >= 0.6 is 11.6 Å². The minimum atomic E-state index is -0.285. The third-order valence-corrected chi connectivity index (χ3v) is 7.56. The number of nitrogens with zero attached hydrogens (tertiary/aromatic N) is 5. The summed E-state index contributed by atoms with van der Waals surface area (Å²) in [6.07, 6.45) is 4.28. The average molecular weight is 511 g/mol. The third-order valence-electron chi connectivity index (χ3n) is 7.29. The van der Waals surface area contributed by atoms with Gasteiger partial charge in [-0.2, -0.15) is 4.98 Å². The van der Waals surface area contributed by atoms with E-state index in [0.717, 1.165) is 42.5 Å². The third kappa shape index (κ3) is 4.77. The molecule has 10 heteroatoms. The number of ketones is 1. The monoisotopic (exact) mass is 510 g/mol. The Hall–Kier alpha value is -3.17. The molecule has 190 valence electrons. The number of aromatic nitrogens is 3. The first-order chi connectivity index (χ1) is 17.3. The Bertz CT molecular complexity index is 1360. The van der Waals surface area contributed by atoms with E-state index in [1.54, 1.807) is 26.2 Å². The molecule has 3 aromatic rings. The molecule has 2 fully saturated rings. The number of pyridine rings is 1. The highest BCUT2D eigenvalue weighted by Crippen LogP contribution is 2.40. The lowest BCUT2D eigenvalue weighted by atomic mass is 9.72. The Kier molecular flexibility index (Phi) is 6.61. The number of piperidine rings is 1. The van der Waals surface area contributed by atoms with Gasteiger partial charge in [0.25, 0.3) is 5.56 Å².